The first-order valence-corrected chi connectivity index (χ1v) is 5.11. The molecule has 0 saturated carbocycles. The average molecular weight is 225 g/mol. The highest BCUT2D eigenvalue weighted by Crippen LogP contribution is 2.36. The van der Waals surface area contributed by atoms with Gasteiger partial charge in [-0.05, 0) is 24.6 Å². The van der Waals surface area contributed by atoms with E-state index in [0.29, 0.717) is 11.6 Å². The zero-order valence-corrected chi connectivity index (χ0v) is 9.47. The van der Waals surface area contributed by atoms with Gasteiger partial charge in [0.2, 0.25) is 0 Å². The third-order valence-corrected chi connectivity index (χ3v) is 3.29. The molecule has 1 heterocycles. The molecule has 0 amide bonds. The first-order valence-electron chi connectivity index (χ1n) is 4.73. The largest absolute Gasteiger partial charge is 0.506 e. The molecule has 0 spiro atoms. The molecule has 0 fully saturated rings. The molecule has 0 aliphatic heterocycles. The Morgan fingerprint density at radius 3 is 2.73 bits per heavy atom. The van der Waals surface area contributed by atoms with Crippen LogP contribution >= 0.6 is 11.6 Å². The molecular formula is C11H13ClN2O. The van der Waals surface area contributed by atoms with Crippen LogP contribution in [0.2, 0.25) is 5.02 Å². The maximum atomic E-state index is 9.56. The lowest BCUT2D eigenvalue weighted by molar-refractivity contribution is 0.476. The SMILES string of the molecule is Cc1c(CN)c2c(Cl)c(O)ccc2n1C. The molecule has 3 N–H and O–H groups in total. The van der Waals surface area contributed by atoms with E-state index in [4.69, 9.17) is 17.3 Å². The Kier molecular flexibility index (Phi) is 2.37. The van der Waals surface area contributed by atoms with Crippen LogP contribution in [-0.2, 0) is 13.6 Å². The first-order chi connectivity index (χ1) is 7.07. The number of nitrogens with two attached hydrogens (primary N) is 1. The van der Waals surface area contributed by atoms with E-state index in [1.54, 1.807) is 6.07 Å². The number of aromatic hydroxyl groups is 1. The van der Waals surface area contributed by atoms with Gasteiger partial charge in [-0.2, -0.15) is 0 Å². The van der Waals surface area contributed by atoms with E-state index in [-0.39, 0.29) is 5.75 Å². The van der Waals surface area contributed by atoms with Crippen molar-refractivity contribution >= 4 is 22.5 Å². The van der Waals surface area contributed by atoms with Gasteiger partial charge in [0, 0.05) is 24.7 Å². The van der Waals surface area contributed by atoms with Crippen LogP contribution in [0.1, 0.15) is 11.3 Å². The number of rotatable bonds is 1. The van der Waals surface area contributed by atoms with Gasteiger partial charge >= 0.3 is 0 Å². The highest BCUT2D eigenvalue weighted by molar-refractivity contribution is 6.37. The minimum absolute atomic E-state index is 0.101. The molecule has 0 saturated heterocycles. The molecule has 0 radical (unpaired) electrons. The zero-order chi connectivity index (χ0) is 11.2. The van der Waals surface area contributed by atoms with Crippen molar-refractivity contribution in [3.63, 3.8) is 0 Å². The van der Waals surface area contributed by atoms with E-state index in [0.717, 1.165) is 22.2 Å². The number of hydrogen-bond donors (Lipinski definition) is 2. The second-order valence-corrected chi connectivity index (χ2v) is 4.00. The van der Waals surface area contributed by atoms with Crippen LogP contribution in [-0.4, -0.2) is 9.67 Å². The number of fused-ring (bicyclic) bond motifs is 1. The third kappa shape index (κ3) is 1.31. The number of benzene rings is 1. The van der Waals surface area contributed by atoms with Crippen LogP contribution in [0.15, 0.2) is 12.1 Å². The molecule has 0 unspecified atom stereocenters. The van der Waals surface area contributed by atoms with Gasteiger partial charge in [-0.25, -0.2) is 0 Å². The first kappa shape index (κ1) is 10.3. The Hall–Kier alpha value is -1.19. The second kappa shape index (κ2) is 3.43. The second-order valence-electron chi connectivity index (χ2n) is 3.62. The lowest BCUT2D eigenvalue weighted by atomic mass is 10.1. The molecule has 2 rings (SSSR count). The van der Waals surface area contributed by atoms with Gasteiger partial charge in [0.25, 0.3) is 0 Å². The normalized spacial score (nSPS) is 11.2. The number of aryl methyl sites for hydroxylation is 1. The van der Waals surface area contributed by atoms with Crippen LogP contribution in [0.3, 0.4) is 0 Å². The Labute approximate surface area is 93.1 Å². The van der Waals surface area contributed by atoms with Crippen molar-refractivity contribution in [1.82, 2.24) is 4.57 Å². The summed E-state index contributed by atoms with van der Waals surface area (Å²) in [6, 6.07) is 3.45. The molecule has 1 aromatic heterocycles. The Morgan fingerprint density at radius 2 is 2.13 bits per heavy atom. The quantitative estimate of drug-likeness (QED) is 0.781. The summed E-state index contributed by atoms with van der Waals surface area (Å²) in [7, 11) is 1.96. The van der Waals surface area contributed by atoms with Gasteiger partial charge in [-0.15, -0.1) is 0 Å². The van der Waals surface area contributed by atoms with E-state index < -0.39 is 0 Å². The van der Waals surface area contributed by atoms with Gasteiger partial charge < -0.3 is 15.4 Å². The van der Waals surface area contributed by atoms with Crippen molar-refractivity contribution in [3.8, 4) is 5.75 Å². The monoisotopic (exact) mass is 224 g/mol. The number of hydrogen-bond acceptors (Lipinski definition) is 2. The maximum absolute atomic E-state index is 9.56. The number of halogens is 1. The smallest absolute Gasteiger partial charge is 0.134 e. The van der Waals surface area contributed by atoms with Crippen molar-refractivity contribution in [2.75, 3.05) is 0 Å². The molecule has 15 heavy (non-hydrogen) atoms. The predicted octanol–water partition coefficient (Wildman–Crippen LogP) is 2.30. The lowest BCUT2D eigenvalue weighted by Gasteiger charge is -2.01. The van der Waals surface area contributed by atoms with E-state index >= 15 is 0 Å². The molecule has 0 aliphatic carbocycles. The zero-order valence-electron chi connectivity index (χ0n) is 8.71. The van der Waals surface area contributed by atoms with Gasteiger partial charge in [0.05, 0.1) is 10.5 Å². The number of aromatic nitrogens is 1. The summed E-state index contributed by atoms with van der Waals surface area (Å²) < 4.78 is 2.03. The number of nitrogens with zero attached hydrogens (tertiary/aromatic N) is 1. The van der Waals surface area contributed by atoms with Crippen molar-refractivity contribution in [2.24, 2.45) is 12.8 Å². The maximum Gasteiger partial charge on any atom is 0.134 e. The van der Waals surface area contributed by atoms with Gasteiger partial charge in [0.1, 0.15) is 5.75 Å². The fraction of sp³-hybridized carbons (Fsp3) is 0.273. The Morgan fingerprint density at radius 1 is 1.47 bits per heavy atom. The summed E-state index contributed by atoms with van der Waals surface area (Å²) in [6.45, 7) is 2.42. The molecule has 80 valence electrons. The van der Waals surface area contributed by atoms with Crippen LogP contribution in [0, 0.1) is 6.92 Å². The van der Waals surface area contributed by atoms with Crippen molar-refractivity contribution in [2.45, 2.75) is 13.5 Å². The third-order valence-electron chi connectivity index (χ3n) is 2.91. The fourth-order valence-corrected chi connectivity index (χ4v) is 2.21. The van der Waals surface area contributed by atoms with Gasteiger partial charge in [0.15, 0.2) is 0 Å². The summed E-state index contributed by atoms with van der Waals surface area (Å²) in [5.74, 6) is 0.101. The highest BCUT2D eigenvalue weighted by atomic mass is 35.5. The topological polar surface area (TPSA) is 51.2 Å². The van der Waals surface area contributed by atoms with Crippen molar-refractivity contribution < 1.29 is 5.11 Å². The minimum atomic E-state index is 0.101. The molecular weight excluding hydrogens is 212 g/mol. The summed E-state index contributed by atoms with van der Waals surface area (Å²) in [6.07, 6.45) is 0. The molecule has 3 nitrogen and oxygen atoms in total. The van der Waals surface area contributed by atoms with Crippen LogP contribution in [0.5, 0.6) is 5.75 Å². The Balaban J connectivity index is 2.98. The standard InChI is InChI=1S/C11H13ClN2O/c1-6-7(5-13)10-8(14(6)2)3-4-9(15)11(10)12/h3-4,15H,5,13H2,1-2H3. The number of phenolic OH excluding ortho intramolecular Hbond substituents is 1. The lowest BCUT2D eigenvalue weighted by Crippen LogP contribution is -1.99. The van der Waals surface area contributed by atoms with Crippen molar-refractivity contribution in [1.29, 1.82) is 0 Å². The molecule has 1 aromatic carbocycles. The summed E-state index contributed by atoms with van der Waals surface area (Å²) in [4.78, 5) is 0. The molecule has 4 heteroatoms. The van der Waals surface area contributed by atoms with Crippen LogP contribution in [0.4, 0.5) is 0 Å². The van der Waals surface area contributed by atoms with Crippen LogP contribution in [0.25, 0.3) is 10.9 Å². The van der Waals surface area contributed by atoms with E-state index in [1.807, 2.05) is 24.6 Å². The van der Waals surface area contributed by atoms with Crippen molar-refractivity contribution in [3.05, 3.63) is 28.4 Å². The van der Waals surface area contributed by atoms with Gasteiger partial charge in [-0.3, -0.25) is 0 Å². The summed E-state index contributed by atoms with van der Waals surface area (Å²) in [5, 5.41) is 10.8. The number of phenols is 1. The summed E-state index contributed by atoms with van der Waals surface area (Å²) >= 11 is 6.08. The highest BCUT2D eigenvalue weighted by Gasteiger charge is 2.15. The molecule has 0 atom stereocenters. The van der Waals surface area contributed by atoms with Crippen LogP contribution < -0.4 is 5.73 Å². The predicted molar refractivity (Wildman–Crippen MR) is 62.2 cm³/mol. The van der Waals surface area contributed by atoms with E-state index in [1.165, 1.54) is 0 Å². The van der Waals surface area contributed by atoms with Gasteiger partial charge in [-0.1, -0.05) is 11.6 Å². The molecule has 0 aliphatic rings. The fourth-order valence-electron chi connectivity index (χ4n) is 1.94. The minimum Gasteiger partial charge on any atom is -0.506 e. The molecule has 0 bridgehead atoms. The Bertz CT molecular complexity index is 531. The summed E-state index contributed by atoms with van der Waals surface area (Å²) in [5.41, 5.74) is 8.77. The average Bonchev–Trinajstić information content (AvgIpc) is 2.47. The molecule has 2 aromatic rings. The van der Waals surface area contributed by atoms with E-state index in [2.05, 4.69) is 0 Å². The van der Waals surface area contributed by atoms with E-state index in [9.17, 15) is 5.11 Å².